The summed E-state index contributed by atoms with van der Waals surface area (Å²) in [4.78, 5) is 41.1. The molecule has 0 atom stereocenters. The normalized spacial score (nSPS) is 10.4. The number of carbonyl (C=O) groups is 3. The molecule has 9 heteroatoms. The minimum Gasteiger partial charge on any atom is -0.493 e. The van der Waals surface area contributed by atoms with Crippen molar-refractivity contribution in [1.82, 2.24) is 15.8 Å². The van der Waals surface area contributed by atoms with Gasteiger partial charge in [0.15, 0.2) is 18.1 Å². The van der Waals surface area contributed by atoms with Crippen molar-refractivity contribution in [3.8, 4) is 11.5 Å². The van der Waals surface area contributed by atoms with Crippen molar-refractivity contribution in [2.45, 2.75) is 13.8 Å². The SMILES string of the molecule is COc1ccc(C(=O)NNC(=O)COC(=O)c2cc3cc(C)ccc3nc2C)cc1OC. The number of rotatable bonds is 6. The van der Waals surface area contributed by atoms with E-state index < -0.39 is 24.4 Å². The van der Waals surface area contributed by atoms with Crippen molar-refractivity contribution in [2.75, 3.05) is 20.8 Å². The molecule has 0 radical (unpaired) electrons. The summed E-state index contributed by atoms with van der Waals surface area (Å²) in [5, 5.41) is 0.800. The molecule has 0 unspecified atom stereocenters. The highest BCUT2D eigenvalue weighted by molar-refractivity contribution is 5.97. The number of ether oxygens (including phenoxy) is 3. The van der Waals surface area contributed by atoms with E-state index >= 15 is 0 Å². The van der Waals surface area contributed by atoms with Gasteiger partial charge < -0.3 is 14.2 Å². The molecule has 0 spiro atoms. The van der Waals surface area contributed by atoms with Crippen molar-refractivity contribution in [3.63, 3.8) is 0 Å². The van der Waals surface area contributed by atoms with Crippen molar-refractivity contribution in [3.05, 3.63) is 64.8 Å². The quantitative estimate of drug-likeness (QED) is 0.450. The fourth-order valence-corrected chi connectivity index (χ4v) is 3.02. The van der Waals surface area contributed by atoms with E-state index in [1.165, 1.54) is 26.4 Å². The van der Waals surface area contributed by atoms with Crippen LogP contribution in [0.15, 0.2) is 42.5 Å². The predicted molar refractivity (Wildman–Crippen MR) is 117 cm³/mol. The Morgan fingerprint density at radius 2 is 1.66 bits per heavy atom. The van der Waals surface area contributed by atoms with Gasteiger partial charge in [-0.3, -0.25) is 25.4 Å². The van der Waals surface area contributed by atoms with Crippen LogP contribution in [0.5, 0.6) is 11.5 Å². The van der Waals surface area contributed by atoms with Gasteiger partial charge in [0.1, 0.15) is 0 Å². The number of fused-ring (bicyclic) bond motifs is 1. The van der Waals surface area contributed by atoms with Gasteiger partial charge in [0, 0.05) is 10.9 Å². The van der Waals surface area contributed by atoms with Crippen LogP contribution in [0.2, 0.25) is 0 Å². The topological polar surface area (TPSA) is 116 Å². The second kappa shape index (κ2) is 9.78. The average molecular weight is 437 g/mol. The molecule has 2 N–H and O–H groups in total. The van der Waals surface area contributed by atoms with Crippen molar-refractivity contribution < 1.29 is 28.6 Å². The van der Waals surface area contributed by atoms with Crippen molar-refractivity contribution >= 4 is 28.7 Å². The zero-order valence-corrected chi connectivity index (χ0v) is 18.1. The van der Waals surface area contributed by atoms with E-state index in [2.05, 4.69) is 15.8 Å². The number of aromatic nitrogens is 1. The molecule has 166 valence electrons. The van der Waals surface area contributed by atoms with E-state index in [9.17, 15) is 14.4 Å². The number of amides is 2. The first kappa shape index (κ1) is 22.5. The van der Waals surface area contributed by atoms with Crippen LogP contribution in [0.3, 0.4) is 0 Å². The highest BCUT2D eigenvalue weighted by Crippen LogP contribution is 2.27. The van der Waals surface area contributed by atoms with Crippen LogP contribution in [0, 0.1) is 13.8 Å². The minimum absolute atomic E-state index is 0.244. The van der Waals surface area contributed by atoms with Crippen molar-refractivity contribution in [1.29, 1.82) is 0 Å². The molecule has 2 aromatic carbocycles. The summed E-state index contributed by atoms with van der Waals surface area (Å²) < 4.78 is 15.3. The third kappa shape index (κ3) is 5.12. The van der Waals surface area contributed by atoms with Gasteiger partial charge in [-0.2, -0.15) is 0 Å². The lowest BCUT2D eigenvalue weighted by Gasteiger charge is -2.11. The molecule has 32 heavy (non-hydrogen) atoms. The average Bonchev–Trinajstić information content (AvgIpc) is 2.80. The van der Waals surface area contributed by atoms with Crippen LogP contribution in [-0.4, -0.2) is 43.6 Å². The Labute approximate surface area is 184 Å². The summed E-state index contributed by atoms with van der Waals surface area (Å²) >= 11 is 0. The van der Waals surface area contributed by atoms with Gasteiger partial charge in [0.2, 0.25) is 0 Å². The Morgan fingerprint density at radius 3 is 2.38 bits per heavy atom. The largest absolute Gasteiger partial charge is 0.493 e. The number of nitrogens with zero attached hydrogens (tertiary/aromatic N) is 1. The summed E-state index contributed by atoms with van der Waals surface area (Å²) in [5.41, 5.74) is 7.26. The van der Waals surface area contributed by atoms with E-state index in [-0.39, 0.29) is 11.1 Å². The van der Waals surface area contributed by atoms with Crippen LogP contribution >= 0.6 is 0 Å². The molecule has 3 rings (SSSR count). The third-order valence-electron chi connectivity index (χ3n) is 4.68. The molecule has 3 aromatic rings. The summed E-state index contributed by atoms with van der Waals surface area (Å²) in [6.45, 7) is 3.06. The van der Waals surface area contributed by atoms with Crippen LogP contribution < -0.4 is 20.3 Å². The number of carbonyl (C=O) groups excluding carboxylic acids is 3. The number of methoxy groups -OCH3 is 2. The Hall–Kier alpha value is -4.14. The van der Waals surface area contributed by atoms with Gasteiger partial charge in [-0.25, -0.2) is 4.79 Å². The lowest BCUT2D eigenvalue weighted by molar-refractivity contribution is -0.125. The molecule has 0 bridgehead atoms. The van der Waals surface area contributed by atoms with E-state index in [0.29, 0.717) is 17.2 Å². The molecule has 9 nitrogen and oxygen atoms in total. The van der Waals surface area contributed by atoms with Crippen molar-refractivity contribution in [2.24, 2.45) is 0 Å². The molecule has 0 saturated carbocycles. The number of hydrogen-bond acceptors (Lipinski definition) is 7. The van der Waals surface area contributed by atoms with Crippen LogP contribution in [0.4, 0.5) is 0 Å². The number of nitrogens with one attached hydrogen (secondary N) is 2. The first-order chi connectivity index (χ1) is 15.3. The van der Waals surface area contributed by atoms with E-state index in [4.69, 9.17) is 14.2 Å². The smallest absolute Gasteiger partial charge is 0.340 e. The second-order valence-electron chi connectivity index (χ2n) is 6.97. The first-order valence-electron chi connectivity index (χ1n) is 9.68. The van der Waals surface area contributed by atoms with Gasteiger partial charge in [0.05, 0.1) is 31.0 Å². The molecule has 0 saturated heterocycles. The summed E-state index contributed by atoms with van der Waals surface area (Å²) in [6, 6.07) is 12.0. The summed E-state index contributed by atoms with van der Waals surface area (Å²) in [6.07, 6.45) is 0. The fourth-order valence-electron chi connectivity index (χ4n) is 3.02. The molecule has 2 amide bonds. The maximum absolute atomic E-state index is 12.4. The predicted octanol–water partition coefficient (Wildman–Crippen LogP) is 2.49. The molecule has 1 heterocycles. The van der Waals surface area contributed by atoms with Crippen LogP contribution in [0.25, 0.3) is 10.9 Å². The Balaban J connectivity index is 1.57. The number of aryl methyl sites for hydroxylation is 2. The lowest BCUT2D eigenvalue weighted by Crippen LogP contribution is -2.43. The zero-order valence-electron chi connectivity index (χ0n) is 18.1. The highest BCUT2D eigenvalue weighted by Gasteiger charge is 2.16. The van der Waals surface area contributed by atoms with E-state index in [0.717, 1.165) is 16.5 Å². The summed E-state index contributed by atoms with van der Waals surface area (Å²) in [5.74, 6) is -1.12. The molecule has 0 fully saturated rings. The molecular formula is C23H23N3O6. The van der Waals surface area contributed by atoms with E-state index in [1.54, 1.807) is 19.1 Å². The van der Waals surface area contributed by atoms with Crippen LogP contribution in [0.1, 0.15) is 32.0 Å². The van der Waals surface area contributed by atoms with Gasteiger partial charge in [-0.15, -0.1) is 0 Å². The lowest BCUT2D eigenvalue weighted by atomic mass is 10.1. The van der Waals surface area contributed by atoms with Gasteiger partial charge in [-0.05, 0) is 50.2 Å². The monoisotopic (exact) mass is 437 g/mol. The molecule has 0 aliphatic heterocycles. The molecule has 0 aliphatic carbocycles. The van der Waals surface area contributed by atoms with E-state index in [1.807, 2.05) is 25.1 Å². The van der Waals surface area contributed by atoms with Gasteiger partial charge in [-0.1, -0.05) is 11.6 Å². The Morgan fingerprint density at radius 1 is 0.906 bits per heavy atom. The molecular weight excluding hydrogens is 414 g/mol. The zero-order chi connectivity index (χ0) is 23.3. The fraction of sp³-hybridized carbons (Fsp3) is 0.217. The highest BCUT2D eigenvalue weighted by atomic mass is 16.5. The number of esters is 1. The molecule has 1 aromatic heterocycles. The molecule has 0 aliphatic rings. The number of benzene rings is 2. The maximum atomic E-state index is 12.4. The van der Waals surface area contributed by atoms with Gasteiger partial charge >= 0.3 is 5.97 Å². The number of hydrazine groups is 1. The maximum Gasteiger partial charge on any atom is 0.340 e. The Kier molecular flexibility index (Phi) is 6.89. The van der Waals surface area contributed by atoms with Crippen LogP contribution in [-0.2, 0) is 9.53 Å². The Bertz CT molecular complexity index is 1190. The van der Waals surface area contributed by atoms with Gasteiger partial charge in [0.25, 0.3) is 11.8 Å². The standard InChI is InChI=1S/C23H23N3O6/c1-13-5-7-18-16(9-13)10-17(14(2)24-18)23(29)32-12-21(27)25-26-22(28)15-6-8-19(30-3)20(11-15)31-4/h5-11H,12H2,1-4H3,(H,25,27)(H,26,28). The second-order valence-corrected chi connectivity index (χ2v) is 6.97. The third-order valence-corrected chi connectivity index (χ3v) is 4.68. The minimum atomic E-state index is -0.700. The number of pyridine rings is 1. The summed E-state index contributed by atoms with van der Waals surface area (Å²) in [7, 11) is 2.93. The first-order valence-corrected chi connectivity index (χ1v) is 9.68. The number of hydrogen-bond donors (Lipinski definition) is 2.